The van der Waals surface area contributed by atoms with Crippen LogP contribution < -0.4 is 4.90 Å². The van der Waals surface area contributed by atoms with Crippen LogP contribution in [0.1, 0.15) is 5.56 Å². The molecule has 0 spiro atoms. The van der Waals surface area contributed by atoms with E-state index in [0.717, 1.165) is 18.8 Å². The minimum Gasteiger partial charge on any atom is -0.342 e. The molecule has 0 atom stereocenters. The van der Waals surface area contributed by atoms with Gasteiger partial charge in [0.05, 0.1) is 5.56 Å². The van der Waals surface area contributed by atoms with Crippen LogP contribution in [0, 0.1) is 0 Å². The molecular formula is C10H11F3N4O. The van der Waals surface area contributed by atoms with E-state index in [1.165, 1.54) is 0 Å². The number of nitrogens with zero attached hydrogens (tertiary/aromatic N) is 4. The molecule has 1 amide bonds. The van der Waals surface area contributed by atoms with E-state index in [4.69, 9.17) is 0 Å². The maximum Gasteiger partial charge on any atom is 0.419 e. The molecule has 98 valence electrons. The average molecular weight is 260 g/mol. The van der Waals surface area contributed by atoms with E-state index in [1.54, 1.807) is 9.80 Å². The number of carbonyl (C=O) groups excluding carboxylic acids is 1. The van der Waals surface area contributed by atoms with Gasteiger partial charge in [0.25, 0.3) is 0 Å². The zero-order valence-corrected chi connectivity index (χ0v) is 9.39. The van der Waals surface area contributed by atoms with E-state index < -0.39 is 11.7 Å². The molecule has 0 radical (unpaired) electrons. The quantitative estimate of drug-likeness (QED) is 0.737. The van der Waals surface area contributed by atoms with Crippen molar-refractivity contribution in [3.63, 3.8) is 0 Å². The Morgan fingerprint density at radius 3 is 2.11 bits per heavy atom. The lowest BCUT2D eigenvalue weighted by Gasteiger charge is -2.32. The first-order valence-corrected chi connectivity index (χ1v) is 5.34. The predicted molar refractivity (Wildman–Crippen MR) is 56.9 cm³/mol. The first-order chi connectivity index (χ1) is 8.50. The molecule has 2 rings (SSSR count). The van der Waals surface area contributed by atoms with Gasteiger partial charge in [0.15, 0.2) is 0 Å². The second-order valence-corrected chi connectivity index (χ2v) is 3.90. The molecule has 5 nitrogen and oxygen atoms in total. The normalized spacial score (nSPS) is 16.8. The highest BCUT2D eigenvalue weighted by molar-refractivity contribution is 5.48. The fourth-order valence-corrected chi connectivity index (χ4v) is 1.66. The first kappa shape index (κ1) is 12.6. The second-order valence-electron chi connectivity index (χ2n) is 3.90. The minimum atomic E-state index is -4.42. The Morgan fingerprint density at radius 2 is 1.67 bits per heavy atom. The van der Waals surface area contributed by atoms with Crippen LogP contribution in [0.4, 0.5) is 19.1 Å². The van der Waals surface area contributed by atoms with Crippen molar-refractivity contribution in [1.29, 1.82) is 0 Å². The summed E-state index contributed by atoms with van der Waals surface area (Å²) in [7, 11) is 0. The lowest BCUT2D eigenvalue weighted by atomic mass is 10.3. The maximum atomic E-state index is 12.3. The highest BCUT2D eigenvalue weighted by Gasteiger charge is 2.31. The lowest BCUT2D eigenvalue weighted by Crippen LogP contribution is -2.46. The van der Waals surface area contributed by atoms with Crippen molar-refractivity contribution in [2.24, 2.45) is 0 Å². The number of hydrogen-bond donors (Lipinski definition) is 0. The molecule has 0 aliphatic carbocycles. The molecule has 1 aromatic heterocycles. The minimum absolute atomic E-state index is 0.258. The van der Waals surface area contributed by atoms with Crippen LogP contribution in [0.2, 0.25) is 0 Å². The van der Waals surface area contributed by atoms with Gasteiger partial charge in [-0.2, -0.15) is 13.2 Å². The lowest BCUT2D eigenvalue weighted by molar-refractivity contribution is -0.138. The van der Waals surface area contributed by atoms with Crippen molar-refractivity contribution in [3.8, 4) is 0 Å². The molecule has 1 aromatic rings. The molecule has 1 fully saturated rings. The van der Waals surface area contributed by atoms with Gasteiger partial charge in [-0.1, -0.05) is 0 Å². The number of rotatable bonds is 2. The SMILES string of the molecule is O=CN1CCN(c2ncc(C(F)(F)F)cn2)CC1. The fraction of sp³-hybridized carbons (Fsp3) is 0.500. The standard InChI is InChI=1S/C10H11F3N4O/c11-10(12,13)8-5-14-9(15-6-8)17-3-1-16(7-18)2-4-17/h5-7H,1-4H2. The van der Waals surface area contributed by atoms with Crippen LogP contribution in [0.25, 0.3) is 0 Å². The average Bonchev–Trinajstić information content (AvgIpc) is 2.38. The van der Waals surface area contributed by atoms with Gasteiger partial charge < -0.3 is 9.80 Å². The van der Waals surface area contributed by atoms with E-state index in [-0.39, 0.29) is 5.95 Å². The number of anilines is 1. The molecule has 0 saturated carbocycles. The second kappa shape index (κ2) is 4.79. The van der Waals surface area contributed by atoms with Crippen LogP contribution in [-0.2, 0) is 11.0 Å². The highest BCUT2D eigenvalue weighted by Crippen LogP contribution is 2.28. The number of halogens is 3. The van der Waals surface area contributed by atoms with Crippen molar-refractivity contribution in [3.05, 3.63) is 18.0 Å². The number of carbonyl (C=O) groups is 1. The van der Waals surface area contributed by atoms with Crippen LogP contribution >= 0.6 is 0 Å². The summed E-state index contributed by atoms with van der Waals surface area (Å²) in [6.07, 6.45) is -2.12. The molecule has 18 heavy (non-hydrogen) atoms. The molecular weight excluding hydrogens is 249 g/mol. The van der Waals surface area contributed by atoms with Gasteiger partial charge >= 0.3 is 6.18 Å². The number of piperazine rings is 1. The smallest absolute Gasteiger partial charge is 0.342 e. The molecule has 0 N–H and O–H groups in total. The zero-order chi connectivity index (χ0) is 13.2. The number of alkyl halides is 3. The summed E-state index contributed by atoms with van der Waals surface area (Å²) >= 11 is 0. The topological polar surface area (TPSA) is 49.3 Å². The summed E-state index contributed by atoms with van der Waals surface area (Å²) in [6.45, 7) is 2.08. The molecule has 8 heteroatoms. The third kappa shape index (κ3) is 2.69. The third-order valence-corrected chi connectivity index (χ3v) is 2.71. The Morgan fingerprint density at radius 1 is 1.11 bits per heavy atom. The van der Waals surface area contributed by atoms with Crippen molar-refractivity contribution >= 4 is 12.4 Å². The maximum absolute atomic E-state index is 12.3. The Balaban J connectivity index is 2.05. The number of aromatic nitrogens is 2. The molecule has 1 aliphatic heterocycles. The van der Waals surface area contributed by atoms with E-state index in [2.05, 4.69) is 9.97 Å². The molecule has 1 aliphatic rings. The van der Waals surface area contributed by atoms with Crippen molar-refractivity contribution < 1.29 is 18.0 Å². The van der Waals surface area contributed by atoms with Gasteiger partial charge in [0, 0.05) is 38.6 Å². The van der Waals surface area contributed by atoms with Crippen LogP contribution in [0.5, 0.6) is 0 Å². The van der Waals surface area contributed by atoms with Crippen molar-refractivity contribution in [1.82, 2.24) is 14.9 Å². The highest BCUT2D eigenvalue weighted by atomic mass is 19.4. The van der Waals surface area contributed by atoms with Gasteiger partial charge in [-0.05, 0) is 0 Å². The van der Waals surface area contributed by atoms with Gasteiger partial charge in [0.1, 0.15) is 0 Å². The Labute approximate surface area is 101 Å². The van der Waals surface area contributed by atoms with Gasteiger partial charge in [-0.15, -0.1) is 0 Å². The van der Waals surface area contributed by atoms with E-state index >= 15 is 0 Å². The van der Waals surface area contributed by atoms with Crippen LogP contribution in [-0.4, -0.2) is 47.5 Å². The molecule has 0 unspecified atom stereocenters. The summed E-state index contributed by atoms with van der Waals surface area (Å²) < 4.78 is 37.0. The van der Waals surface area contributed by atoms with Crippen molar-refractivity contribution in [2.45, 2.75) is 6.18 Å². The Kier molecular flexibility index (Phi) is 3.35. The number of amides is 1. The molecule has 2 heterocycles. The monoisotopic (exact) mass is 260 g/mol. The first-order valence-electron chi connectivity index (χ1n) is 5.34. The molecule has 0 bridgehead atoms. The largest absolute Gasteiger partial charge is 0.419 e. The zero-order valence-electron chi connectivity index (χ0n) is 9.39. The van der Waals surface area contributed by atoms with Crippen LogP contribution in [0.15, 0.2) is 12.4 Å². The summed E-state index contributed by atoms with van der Waals surface area (Å²) in [5.41, 5.74) is -0.863. The van der Waals surface area contributed by atoms with E-state index in [9.17, 15) is 18.0 Å². The van der Waals surface area contributed by atoms with Crippen molar-refractivity contribution in [2.75, 3.05) is 31.1 Å². The predicted octanol–water partition coefficient (Wildman–Crippen LogP) is 0.774. The Hall–Kier alpha value is -1.86. The van der Waals surface area contributed by atoms with Gasteiger partial charge in [0.2, 0.25) is 12.4 Å². The number of hydrogen-bond acceptors (Lipinski definition) is 4. The third-order valence-electron chi connectivity index (χ3n) is 2.71. The van der Waals surface area contributed by atoms with Gasteiger partial charge in [-0.25, -0.2) is 9.97 Å². The van der Waals surface area contributed by atoms with Gasteiger partial charge in [-0.3, -0.25) is 4.79 Å². The fourth-order valence-electron chi connectivity index (χ4n) is 1.66. The van der Waals surface area contributed by atoms with E-state index in [0.29, 0.717) is 26.2 Å². The summed E-state index contributed by atoms with van der Waals surface area (Å²) in [5, 5.41) is 0. The summed E-state index contributed by atoms with van der Waals surface area (Å²) in [4.78, 5) is 21.3. The summed E-state index contributed by atoms with van der Waals surface area (Å²) in [5.74, 6) is 0.258. The molecule has 0 aromatic carbocycles. The molecule has 1 saturated heterocycles. The summed E-state index contributed by atoms with van der Waals surface area (Å²) in [6, 6.07) is 0. The Bertz CT molecular complexity index is 412. The van der Waals surface area contributed by atoms with Crippen LogP contribution in [0.3, 0.4) is 0 Å². The van der Waals surface area contributed by atoms with E-state index in [1.807, 2.05) is 0 Å².